The third kappa shape index (κ3) is 2.94. The molecule has 0 unspecified atom stereocenters. The van der Waals surface area contributed by atoms with Crippen molar-refractivity contribution in [1.29, 1.82) is 0 Å². The molecule has 88 valence electrons. The van der Waals surface area contributed by atoms with E-state index < -0.39 is 5.54 Å². The molecule has 15 heavy (non-hydrogen) atoms. The molecular formula is C12H24N2O. The first-order valence-corrected chi connectivity index (χ1v) is 5.82. The van der Waals surface area contributed by atoms with Crippen LogP contribution in [0.4, 0.5) is 0 Å². The lowest BCUT2D eigenvalue weighted by Gasteiger charge is -2.42. The Morgan fingerprint density at radius 1 is 1.27 bits per heavy atom. The molecule has 3 heteroatoms. The average Bonchev–Trinajstić information content (AvgIpc) is 2.05. The summed E-state index contributed by atoms with van der Waals surface area (Å²) in [6.45, 7) is 12.1. The van der Waals surface area contributed by atoms with Gasteiger partial charge in [-0.25, -0.2) is 0 Å². The summed E-state index contributed by atoms with van der Waals surface area (Å²) in [7, 11) is 0. The van der Waals surface area contributed by atoms with Gasteiger partial charge >= 0.3 is 0 Å². The topological polar surface area (TPSA) is 32.3 Å². The van der Waals surface area contributed by atoms with E-state index >= 15 is 0 Å². The number of hydrogen-bond acceptors (Lipinski definition) is 2. The van der Waals surface area contributed by atoms with Gasteiger partial charge in [0.2, 0.25) is 5.91 Å². The van der Waals surface area contributed by atoms with Gasteiger partial charge in [0.15, 0.2) is 0 Å². The largest absolute Gasteiger partial charge is 0.336 e. The van der Waals surface area contributed by atoms with Gasteiger partial charge in [-0.1, -0.05) is 0 Å². The maximum absolute atomic E-state index is 12.3. The molecule has 0 atom stereocenters. The van der Waals surface area contributed by atoms with Crippen molar-refractivity contribution in [3.8, 4) is 0 Å². The Kier molecular flexibility index (Phi) is 3.44. The van der Waals surface area contributed by atoms with Crippen LogP contribution in [0.3, 0.4) is 0 Å². The van der Waals surface area contributed by atoms with E-state index in [-0.39, 0.29) is 11.4 Å². The number of amides is 1. The smallest absolute Gasteiger partial charge is 0.242 e. The lowest BCUT2D eigenvalue weighted by Crippen LogP contribution is -2.60. The van der Waals surface area contributed by atoms with Crippen LogP contribution in [0.15, 0.2) is 0 Å². The fraction of sp³-hybridized carbons (Fsp3) is 0.917. The molecule has 1 rings (SSSR count). The summed E-state index contributed by atoms with van der Waals surface area (Å²) in [6.07, 6.45) is 2.23. The Morgan fingerprint density at radius 2 is 1.87 bits per heavy atom. The summed E-state index contributed by atoms with van der Waals surface area (Å²) < 4.78 is 0. The number of carbonyl (C=O) groups excluding carboxylic acids is 1. The van der Waals surface area contributed by atoms with Crippen LogP contribution in [-0.2, 0) is 4.79 Å². The maximum Gasteiger partial charge on any atom is 0.242 e. The van der Waals surface area contributed by atoms with Gasteiger partial charge in [-0.05, 0) is 54.0 Å². The highest BCUT2D eigenvalue weighted by Crippen LogP contribution is 2.21. The number of hydrogen-bond donors (Lipinski definition) is 1. The monoisotopic (exact) mass is 212 g/mol. The van der Waals surface area contributed by atoms with Crippen molar-refractivity contribution < 1.29 is 4.79 Å². The molecule has 0 aromatic rings. The first-order chi connectivity index (χ1) is 6.75. The molecule has 0 radical (unpaired) electrons. The van der Waals surface area contributed by atoms with Gasteiger partial charge < -0.3 is 10.2 Å². The number of rotatable bonds is 0. The van der Waals surface area contributed by atoms with Crippen molar-refractivity contribution in [2.24, 2.45) is 0 Å². The molecule has 1 aliphatic heterocycles. The van der Waals surface area contributed by atoms with Gasteiger partial charge in [-0.3, -0.25) is 4.79 Å². The van der Waals surface area contributed by atoms with E-state index in [9.17, 15) is 4.79 Å². The Bertz CT molecular complexity index is 240. The van der Waals surface area contributed by atoms with Crippen molar-refractivity contribution in [2.75, 3.05) is 13.1 Å². The molecule has 0 spiro atoms. The minimum Gasteiger partial charge on any atom is -0.336 e. The molecule has 0 aromatic heterocycles. The van der Waals surface area contributed by atoms with E-state index in [4.69, 9.17) is 0 Å². The Hall–Kier alpha value is -0.570. The highest BCUT2D eigenvalue weighted by Gasteiger charge is 2.37. The summed E-state index contributed by atoms with van der Waals surface area (Å²) >= 11 is 0. The van der Waals surface area contributed by atoms with Crippen LogP contribution in [0.2, 0.25) is 0 Å². The Balaban J connectivity index is 2.89. The summed E-state index contributed by atoms with van der Waals surface area (Å²) in [6, 6.07) is 0. The molecule has 0 bridgehead atoms. The Labute approximate surface area is 93.2 Å². The third-order valence-corrected chi connectivity index (χ3v) is 2.97. The number of nitrogens with one attached hydrogen (secondary N) is 1. The molecule has 1 amide bonds. The SMILES string of the molecule is CC1(C)NCCCCN(C(C)(C)C)C1=O. The molecule has 1 fully saturated rings. The van der Waals surface area contributed by atoms with Gasteiger partial charge in [0.05, 0.1) is 5.54 Å². The summed E-state index contributed by atoms with van der Waals surface area (Å²) in [5.41, 5.74) is -0.499. The molecule has 0 aromatic carbocycles. The first-order valence-electron chi connectivity index (χ1n) is 5.82. The zero-order valence-corrected chi connectivity index (χ0v) is 10.7. The van der Waals surface area contributed by atoms with E-state index in [1.165, 1.54) is 0 Å². The predicted octanol–water partition coefficient (Wildman–Crippen LogP) is 1.78. The minimum absolute atomic E-state index is 0.0760. The van der Waals surface area contributed by atoms with E-state index in [1.807, 2.05) is 18.7 Å². The highest BCUT2D eigenvalue weighted by atomic mass is 16.2. The lowest BCUT2D eigenvalue weighted by molar-refractivity contribution is -0.142. The average molecular weight is 212 g/mol. The molecule has 1 N–H and O–H groups in total. The molecule has 0 aliphatic carbocycles. The van der Waals surface area contributed by atoms with Crippen molar-refractivity contribution in [3.05, 3.63) is 0 Å². The van der Waals surface area contributed by atoms with Crippen LogP contribution in [-0.4, -0.2) is 35.0 Å². The van der Waals surface area contributed by atoms with Crippen LogP contribution >= 0.6 is 0 Å². The molecule has 1 heterocycles. The van der Waals surface area contributed by atoms with Gasteiger partial charge in [0, 0.05) is 12.1 Å². The molecule has 0 saturated carbocycles. The van der Waals surface area contributed by atoms with Crippen LogP contribution in [0.5, 0.6) is 0 Å². The van der Waals surface area contributed by atoms with E-state index in [0.717, 1.165) is 25.9 Å². The predicted molar refractivity (Wildman–Crippen MR) is 62.8 cm³/mol. The zero-order chi connectivity index (χ0) is 11.7. The second-order valence-corrected chi connectivity index (χ2v) is 5.89. The fourth-order valence-corrected chi connectivity index (χ4v) is 1.95. The molecule has 1 saturated heterocycles. The summed E-state index contributed by atoms with van der Waals surface area (Å²) in [5, 5.41) is 3.32. The minimum atomic E-state index is -0.423. The summed E-state index contributed by atoms with van der Waals surface area (Å²) in [5.74, 6) is 0.217. The van der Waals surface area contributed by atoms with Gasteiger partial charge in [0.1, 0.15) is 0 Å². The van der Waals surface area contributed by atoms with Crippen molar-refractivity contribution in [2.45, 2.75) is 58.5 Å². The van der Waals surface area contributed by atoms with E-state index in [0.29, 0.717) is 0 Å². The first kappa shape index (κ1) is 12.5. The maximum atomic E-state index is 12.3. The van der Waals surface area contributed by atoms with Crippen LogP contribution in [0.1, 0.15) is 47.5 Å². The molecule has 1 aliphatic rings. The van der Waals surface area contributed by atoms with Crippen molar-refractivity contribution >= 4 is 5.91 Å². The van der Waals surface area contributed by atoms with E-state index in [1.54, 1.807) is 0 Å². The fourth-order valence-electron chi connectivity index (χ4n) is 1.95. The van der Waals surface area contributed by atoms with E-state index in [2.05, 4.69) is 26.1 Å². The van der Waals surface area contributed by atoms with Crippen LogP contribution in [0, 0.1) is 0 Å². The number of carbonyl (C=O) groups is 1. The second-order valence-electron chi connectivity index (χ2n) is 5.89. The molecular weight excluding hydrogens is 188 g/mol. The van der Waals surface area contributed by atoms with Crippen LogP contribution in [0.25, 0.3) is 0 Å². The van der Waals surface area contributed by atoms with Gasteiger partial charge in [0.25, 0.3) is 0 Å². The molecule has 3 nitrogen and oxygen atoms in total. The van der Waals surface area contributed by atoms with Crippen LogP contribution < -0.4 is 5.32 Å². The Morgan fingerprint density at radius 3 is 2.40 bits per heavy atom. The van der Waals surface area contributed by atoms with Crippen molar-refractivity contribution in [1.82, 2.24) is 10.2 Å². The zero-order valence-electron chi connectivity index (χ0n) is 10.7. The van der Waals surface area contributed by atoms with Crippen molar-refractivity contribution in [3.63, 3.8) is 0 Å². The third-order valence-electron chi connectivity index (χ3n) is 2.97. The standard InChI is InChI=1S/C12H24N2O/c1-11(2,3)14-9-7-6-8-13-12(4,5)10(14)15/h13H,6-9H2,1-5H3. The lowest BCUT2D eigenvalue weighted by atomic mass is 9.96. The normalized spacial score (nSPS) is 23.5. The highest BCUT2D eigenvalue weighted by molar-refractivity contribution is 5.86. The number of nitrogens with zero attached hydrogens (tertiary/aromatic N) is 1. The van der Waals surface area contributed by atoms with Gasteiger partial charge in [-0.15, -0.1) is 0 Å². The van der Waals surface area contributed by atoms with Gasteiger partial charge in [-0.2, -0.15) is 0 Å². The summed E-state index contributed by atoms with van der Waals surface area (Å²) in [4.78, 5) is 14.3. The quantitative estimate of drug-likeness (QED) is 0.664. The second kappa shape index (κ2) is 4.12.